The van der Waals surface area contributed by atoms with Gasteiger partial charge in [-0.1, -0.05) is 30.3 Å². The lowest BCUT2D eigenvalue weighted by atomic mass is 10.1. The minimum atomic E-state index is 0. The Morgan fingerprint density at radius 3 is 2.70 bits per heavy atom. The third-order valence-electron chi connectivity index (χ3n) is 3.45. The number of aromatic nitrogens is 2. The second-order valence-electron chi connectivity index (χ2n) is 4.88. The van der Waals surface area contributed by atoms with E-state index in [0.29, 0.717) is 5.56 Å². The molecule has 0 radical (unpaired) electrons. The first-order valence-electron chi connectivity index (χ1n) is 6.80. The number of fused-ring (bicyclic) bond motifs is 1. The molecule has 6 heteroatoms. The molecule has 3 rings (SSSR count). The monoisotopic (exact) mass is 343 g/mol. The first-order valence-corrected chi connectivity index (χ1v) is 7.62. The van der Waals surface area contributed by atoms with Crippen molar-refractivity contribution in [1.29, 1.82) is 5.26 Å². The Balaban J connectivity index is 0.00000192. The number of pyridine rings is 1. The zero-order valence-corrected chi connectivity index (χ0v) is 14.0. The quantitative estimate of drug-likeness (QED) is 0.405. The number of thiocyanates is 1. The molecule has 0 fully saturated rings. The number of hydrogen-bond acceptors (Lipinski definition) is 4. The number of ketones is 1. The zero-order valence-electron chi connectivity index (χ0n) is 12.4. The molecule has 0 saturated heterocycles. The van der Waals surface area contributed by atoms with Crippen LogP contribution in [0.2, 0.25) is 0 Å². The van der Waals surface area contributed by atoms with Crippen LogP contribution >= 0.6 is 24.2 Å². The highest BCUT2D eigenvalue weighted by Crippen LogP contribution is 2.35. The summed E-state index contributed by atoms with van der Waals surface area (Å²) in [4.78, 5) is 17.7. The third kappa shape index (κ3) is 3.39. The van der Waals surface area contributed by atoms with Gasteiger partial charge in [-0.15, -0.1) is 12.4 Å². The summed E-state index contributed by atoms with van der Waals surface area (Å²) < 4.78 is 1.83. The topological polar surface area (TPSA) is 58.7 Å². The van der Waals surface area contributed by atoms with E-state index in [2.05, 4.69) is 10.4 Å². The molecular weight excluding hydrogens is 330 g/mol. The van der Waals surface area contributed by atoms with Crippen LogP contribution in [0.25, 0.3) is 11.4 Å². The SMILES string of the molecule is Cc1nc2n(CC(=O)c3ccccc3)cccc-2c1SC#N.Cl. The molecule has 2 aliphatic rings. The van der Waals surface area contributed by atoms with Gasteiger partial charge < -0.3 is 4.57 Å². The second-order valence-corrected chi connectivity index (χ2v) is 5.68. The molecular formula is C17H14ClN3OS. The zero-order chi connectivity index (χ0) is 15.5. The van der Waals surface area contributed by atoms with Gasteiger partial charge in [0.2, 0.25) is 0 Å². The van der Waals surface area contributed by atoms with Crippen molar-refractivity contribution in [2.24, 2.45) is 0 Å². The lowest BCUT2D eigenvalue weighted by Gasteiger charge is -2.11. The van der Waals surface area contributed by atoms with Crippen LogP contribution in [0.1, 0.15) is 16.1 Å². The van der Waals surface area contributed by atoms with Gasteiger partial charge in [-0.25, -0.2) is 4.98 Å². The molecule has 4 nitrogen and oxygen atoms in total. The second kappa shape index (κ2) is 7.32. The molecule has 1 aromatic carbocycles. The number of benzene rings is 1. The lowest BCUT2D eigenvalue weighted by molar-refractivity contribution is 0.0972. The number of carbonyl (C=O) groups excluding carboxylic acids is 1. The predicted molar refractivity (Wildman–Crippen MR) is 93.1 cm³/mol. The van der Waals surface area contributed by atoms with E-state index in [1.165, 1.54) is 0 Å². The molecule has 0 bridgehead atoms. The van der Waals surface area contributed by atoms with Gasteiger partial charge in [0.25, 0.3) is 0 Å². The highest BCUT2D eigenvalue weighted by Gasteiger charge is 2.19. The smallest absolute Gasteiger partial charge is 0.182 e. The normalized spacial score (nSPS) is 10.1. The molecule has 0 spiro atoms. The molecule has 0 saturated carbocycles. The largest absolute Gasteiger partial charge is 0.325 e. The standard InChI is InChI=1S/C17H13N3OS.ClH/c1-12-16(22-11-18)14-8-5-9-20(17(14)19-12)10-15(21)13-6-3-2-4-7-13;/h2-9H,10H2,1H3;1H. The van der Waals surface area contributed by atoms with Gasteiger partial charge in [-0.3, -0.25) is 4.79 Å². The fourth-order valence-corrected chi connectivity index (χ4v) is 2.98. The third-order valence-corrected chi connectivity index (χ3v) is 4.26. The van der Waals surface area contributed by atoms with Crippen LogP contribution in [-0.2, 0) is 6.54 Å². The van der Waals surface area contributed by atoms with Gasteiger partial charge >= 0.3 is 0 Å². The molecule has 0 atom stereocenters. The maximum atomic E-state index is 12.4. The summed E-state index contributed by atoms with van der Waals surface area (Å²) in [6.07, 6.45) is 1.84. The van der Waals surface area contributed by atoms with Crippen molar-refractivity contribution in [1.82, 2.24) is 9.55 Å². The first kappa shape index (κ1) is 17.1. The molecule has 2 aliphatic heterocycles. The van der Waals surface area contributed by atoms with Crippen molar-refractivity contribution in [3.63, 3.8) is 0 Å². The van der Waals surface area contributed by atoms with Crippen molar-refractivity contribution in [2.45, 2.75) is 18.4 Å². The van der Waals surface area contributed by atoms with Crippen LogP contribution in [0.15, 0.2) is 53.6 Å². The van der Waals surface area contributed by atoms with Gasteiger partial charge in [-0.05, 0) is 30.8 Å². The predicted octanol–water partition coefficient (Wildman–Crippen LogP) is 4.17. The van der Waals surface area contributed by atoms with Crippen molar-refractivity contribution >= 4 is 30.0 Å². The van der Waals surface area contributed by atoms with Crippen molar-refractivity contribution < 1.29 is 4.79 Å². The van der Waals surface area contributed by atoms with E-state index in [9.17, 15) is 4.79 Å². The van der Waals surface area contributed by atoms with E-state index in [0.717, 1.165) is 33.7 Å². The number of aryl methyl sites for hydroxylation is 1. The van der Waals surface area contributed by atoms with Crippen molar-refractivity contribution in [3.8, 4) is 16.8 Å². The fraction of sp³-hybridized carbons (Fsp3) is 0.118. The number of nitrogens with zero attached hydrogens (tertiary/aromatic N) is 3. The maximum Gasteiger partial charge on any atom is 0.182 e. The summed E-state index contributed by atoms with van der Waals surface area (Å²) in [7, 11) is 0. The Bertz CT molecular complexity index is 839. The summed E-state index contributed by atoms with van der Waals surface area (Å²) >= 11 is 1.11. The van der Waals surface area contributed by atoms with Crippen LogP contribution in [0.5, 0.6) is 0 Å². The number of hydrogen-bond donors (Lipinski definition) is 0. The Morgan fingerprint density at radius 2 is 2.00 bits per heavy atom. The molecule has 0 aromatic heterocycles. The summed E-state index contributed by atoms with van der Waals surface area (Å²) in [5.41, 5.74) is 2.41. The van der Waals surface area contributed by atoms with Crippen molar-refractivity contribution in [2.75, 3.05) is 0 Å². The molecule has 0 aliphatic carbocycles. The Labute approximate surface area is 144 Å². The van der Waals surface area contributed by atoms with E-state index in [4.69, 9.17) is 5.26 Å². The molecule has 0 unspecified atom stereocenters. The highest BCUT2D eigenvalue weighted by molar-refractivity contribution is 8.03. The Hall–Kier alpha value is -2.29. The average molecular weight is 344 g/mol. The van der Waals surface area contributed by atoms with Gasteiger partial charge in [-0.2, -0.15) is 5.26 Å². The van der Waals surface area contributed by atoms with E-state index in [1.54, 1.807) is 0 Å². The first-order chi connectivity index (χ1) is 10.7. The van der Waals surface area contributed by atoms with Crippen molar-refractivity contribution in [3.05, 3.63) is 59.9 Å². The Kier molecular flexibility index (Phi) is 5.43. The van der Waals surface area contributed by atoms with Gasteiger partial charge in [0, 0.05) is 17.3 Å². The summed E-state index contributed by atoms with van der Waals surface area (Å²) in [5, 5.41) is 11.0. The maximum absolute atomic E-state index is 12.4. The average Bonchev–Trinajstić information content (AvgIpc) is 2.86. The minimum absolute atomic E-state index is 0. The molecule has 1 aromatic rings. The molecule has 2 heterocycles. The van der Waals surface area contributed by atoms with Gasteiger partial charge in [0.05, 0.1) is 17.1 Å². The van der Waals surface area contributed by atoms with E-state index >= 15 is 0 Å². The lowest BCUT2D eigenvalue weighted by Crippen LogP contribution is -2.12. The number of carbonyl (C=O) groups is 1. The Morgan fingerprint density at radius 1 is 1.26 bits per heavy atom. The number of Topliss-reactive ketones (excluding diaryl/α,β-unsaturated/α-hetero) is 1. The van der Waals surface area contributed by atoms with Crippen LogP contribution < -0.4 is 0 Å². The summed E-state index contributed by atoms with van der Waals surface area (Å²) in [6.45, 7) is 2.11. The number of halogens is 1. The van der Waals surface area contributed by atoms with Gasteiger partial charge in [0.15, 0.2) is 5.78 Å². The fourth-order valence-electron chi connectivity index (χ4n) is 2.42. The molecule has 116 valence electrons. The number of nitriles is 1. The van der Waals surface area contributed by atoms with Crippen LogP contribution in [-0.4, -0.2) is 15.3 Å². The summed E-state index contributed by atoms with van der Waals surface area (Å²) in [6, 6.07) is 13.0. The number of rotatable bonds is 4. The van der Waals surface area contributed by atoms with E-state index < -0.39 is 0 Å². The van der Waals surface area contributed by atoms with Crippen LogP contribution in [0.3, 0.4) is 0 Å². The summed E-state index contributed by atoms with van der Waals surface area (Å²) in [5.74, 6) is 0.773. The molecule has 0 N–H and O–H groups in total. The molecule has 0 amide bonds. The molecule has 23 heavy (non-hydrogen) atoms. The highest BCUT2D eigenvalue weighted by atomic mass is 35.5. The van der Waals surface area contributed by atoms with E-state index in [1.807, 2.05) is 60.2 Å². The number of thioether (sulfide) groups is 1. The minimum Gasteiger partial charge on any atom is -0.325 e. The van der Waals surface area contributed by atoms with Crippen LogP contribution in [0.4, 0.5) is 0 Å². The van der Waals surface area contributed by atoms with Crippen LogP contribution in [0, 0.1) is 17.6 Å². The van der Waals surface area contributed by atoms with Gasteiger partial charge in [0.1, 0.15) is 11.2 Å². The van der Waals surface area contributed by atoms with E-state index in [-0.39, 0.29) is 24.7 Å².